The molecule has 1 aliphatic rings. The predicted molar refractivity (Wildman–Crippen MR) is 138 cm³/mol. The van der Waals surface area contributed by atoms with Crippen LogP contribution in [0.4, 0.5) is 5.69 Å². The van der Waals surface area contributed by atoms with Gasteiger partial charge in [-0.3, -0.25) is 15.1 Å². The van der Waals surface area contributed by atoms with E-state index in [0.717, 1.165) is 37.2 Å². The Hall–Kier alpha value is -3.07. The van der Waals surface area contributed by atoms with Crippen LogP contribution in [0.5, 0.6) is 5.75 Å². The number of rotatable bonds is 10. The summed E-state index contributed by atoms with van der Waals surface area (Å²) in [6.45, 7) is 5.45. The molecule has 0 bridgehead atoms. The topological polar surface area (TPSA) is 124 Å². The highest BCUT2D eigenvalue weighted by Gasteiger charge is 2.22. The van der Waals surface area contributed by atoms with Crippen LogP contribution in [-0.2, 0) is 16.4 Å². The molecule has 1 saturated heterocycles. The van der Waals surface area contributed by atoms with Gasteiger partial charge in [-0.2, -0.15) is 0 Å². The molecule has 0 saturated carbocycles. The van der Waals surface area contributed by atoms with E-state index in [1.807, 2.05) is 35.2 Å². The van der Waals surface area contributed by atoms with Gasteiger partial charge in [0.1, 0.15) is 17.7 Å². The Morgan fingerprint density at radius 1 is 1.15 bits per heavy atom. The Morgan fingerprint density at radius 2 is 1.82 bits per heavy atom. The minimum Gasteiger partial charge on any atom is -0.490 e. The van der Waals surface area contributed by atoms with Crippen LogP contribution >= 0.6 is 0 Å². The molecule has 2 aromatic carbocycles. The monoisotopic (exact) mass is 485 g/mol. The van der Waals surface area contributed by atoms with E-state index in [2.05, 4.69) is 0 Å². The summed E-state index contributed by atoms with van der Waals surface area (Å²) >= 11 is 0. The zero-order valence-corrected chi connectivity index (χ0v) is 20.8. The van der Waals surface area contributed by atoms with E-state index in [0.29, 0.717) is 36.5 Å². The molecule has 0 amide bonds. The fourth-order valence-electron chi connectivity index (χ4n) is 4.10. The maximum Gasteiger partial charge on any atom is 0.234 e. The average molecular weight is 486 g/mol. The Labute approximate surface area is 202 Å². The maximum absolute atomic E-state index is 12.8. The lowest BCUT2D eigenvalue weighted by Crippen LogP contribution is -2.40. The lowest BCUT2D eigenvalue weighted by molar-refractivity contribution is 0.130. The van der Waals surface area contributed by atoms with Crippen molar-refractivity contribution in [3.63, 3.8) is 0 Å². The summed E-state index contributed by atoms with van der Waals surface area (Å²) < 4.78 is 33.2. The molecule has 1 aliphatic heterocycles. The van der Waals surface area contributed by atoms with Crippen molar-refractivity contribution in [2.75, 3.05) is 29.7 Å². The highest BCUT2D eigenvalue weighted by Crippen LogP contribution is 2.25. The van der Waals surface area contributed by atoms with Crippen LogP contribution in [0.3, 0.4) is 0 Å². The van der Waals surface area contributed by atoms with Crippen molar-refractivity contribution in [3.8, 4) is 5.75 Å². The summed E-state index contributed by atoms with van der Waals surface area (Å²) in [6, 6.07) is 14.8. The Bertz CT molecular complexity index is 1090. The second kappa shape index (κ2) is 11.4. The third-order valence-electron chi connectivity index (χ3n) is 6.11. The number of piperidine rings is 1. The third-order valence-corrected chi connectivity index (χ3v) is 7.90. The largest absolute Gasteiger partial charge is 0.490 e. The quantitative estimate of drug-likeness (QED) is 0.350. The van der Waals surface area contributed by atoms with Crippen LogP contribution in [0, 0.1) is 10.8 Å². The van der Waals surface area contributed by atoms with Crippen LogP contribution < -0.4 is 14.8 Å². The molecule has 0 spiro atoms. The highest BCUT2D eigenvalue weighted by molar-refractivity contribution is 7.92. The fourth-order valence-corrected chi connectivity index (χ4v) is 5.26. The predicted octanol–water partition coefficient (Wildman–Crippen LogP) is 3.60. The molecule has 34 heavy (non-hydrogen) atoms. The lowest BCUT2D eigenvalue weighted by atomic mass is 10.1. The van der Waals surface area contributed by atoms with Crippen molar-refractivity contribution in [1.29, 1.82) is 10.8 Å². The molecule has 1 fully saturated rings. The zero-order valence-electron chi connectivity index (χ0n) is 20.0. The van der Waals surface area contributed by atoms with Crippen molar-refractivity contribution in [1.82, 2.24) is 4.90 Å². The molecule has 0 aliphatic carbocycles. The molecule has 0 atom stereocenters. The average Bonchev–Trinajstić information content (AvgIpc) is 2.83. The number of anilines is 1. The maximum atomic E-state index is 12.8. The number of hydrogen-bond donors (Lipinski definition) is 3. The summed E-state index contributed by atoms with van der Waals surface area (Å²) in [5, 5.41) is 15.3. The molecule has 0 unspecified atom stereocenters. The number of amidine groups is 2. The first-order chi connectivity index (χ1) is 16.2. The third kappa shape index (κ3) is 6.72. The van der Waals surface area contributed by atoms with Gasteiger partial charge in [0.2, 0.25) is 10.0 Å². The summed E-state index contributed by atoms with van der Waals surface area (Å²) in [5.74, 6) is 1.36. The molecular weight excluding hydrogens is 450 g/mol. The normalized spacial score (nSPS) is 14.6. The van der Waals surface area contributed by atoms with E-state index in [9.17, 15) is 8.42 Å². The first-order valence-electron chi connectivity index (χ1n) is 11.7. The van der Waals surface area contributed by atoms with Gasteiger partial charge in [-0.25, -0.2) is 8.42 Å². The lowest BCUT2D eigenvalue weighted by Gasteiger charge is -2.33. The number of hydrogen-bond acceptors (Lipinski definition) is 5. The van der Waals surface area contributed by atoms with E-state index < -0.39 is 10.0 Å². The zero-order chi connectivity index (χ0) is 24.7. The second-order valence-corrected chi connectivity index (χ2v) is 10.8. The SMILES string of the molecule is CCS(=O)(=O)N(CCCc1cccc(C(=N)N)c1)c1ccc(OC2CCN(C(C)=N)CC2)cc1. The van der Waals surface area contributed by atoms with E-state index in [1.54, 1.807) is 32.0 Å². The second-order valence-electron chi connectivity index (χ2n) is 8.57. The number of aryl methyl sites for hydroxylation is 1. The number of nitrogens with two attached hydrogens (primary N) is 1. The first kappa shape index (κ1) is 25.6. The van der Waals surface area contributed by atoms with Crippen LogP contribution in [0.2, 0.25) is 0 Å². The molecular formula is C25H35N5O3S. The minimum atomic E-state index is -3.43. The molecule has 184 valence electrons. The Balaban J connectivity index is 1.63. The highest BCUT2D eigenvalue weighted by atomic mass is 32.2. The number of ether oxygens (including phenoxy) is 1. The minimum absolute atomic E-state index is 0.0229. The summed E-state index contributed by atoms with van der Waals surface area (Å²) in [4.78, 5) is 2.05. The fraction of sp³-hybridized carbons (Fsp3) is 0.440. The molecule has 1 heterocycles. The molecule has 8 nitrogen and oxygen atoms in total. The summed E-state index contributed by atoms with van der Waals surface area (Å²) in [5.41, 5.74) is 7.89. The molecule has 0 aromatic heterocycles. The van der Waals surface area contributed by atoms with Gasteiger partial charge in [0.25, 0.3) is 0 Å². The standard InChI is InChI=1S/C25H35N5O3S/c1-3-34(31,32)30(15-5-7-20-6-4-8-21(18-20)25(27)28)22-9-11-23(12-10-22)33-24-13-16-29(17-14-24)19(2)26/h4,6,8-12,18,24,26H,3,5,7,13-17H2,1-2H3,(H3,27,28). The van der Waals surface area contributed by atoms with Crippen molar-refractivity contribution < 1.29 is 13.2 Å². The Morgan fingerprint density at radius 3 is 2.41 bits per heavy atom. The molecule has 9 heteroatoms. The van der Waals surface area contributed by atoms with Crippen LogP contribution in [0.25, 0.3) is 0 Å². The summed E-state index contributed by atoms with van der Waals surface area (Å²) in [6.07, 6.45) is 3.15. The molecule has 0 radical (unpaired) electrons. The van der Waals surface area contributed by atoms with E-state index in [4.69, 9.17) is 21.3 Å². The Kier molecular flexibility index (Phi) is 8.55. The first-order valence-corrected chi connectivity index (χ1v) is 13.3. The number of nitrogens with one attached hydrogen (secondary N) is 2. The van der Waals surface area contributed by atoms with Crippen molar-refractivity contribution >= 4 is 27.4 Å². The number of nitrogens with zero attached hydrogens (tertiary/aromatic N) is 2. The van der Waals surface area contributed by atoms with Gasteiger partial charge in [-0.15, -0.1) is 0 Å². The van der Waals surface area contributed by atoms with Gasteiger partial charge >= 0.3 is 0 Å². The smallest absolute Gasteiger partial charge is 0.234 e. The van der Waals surface area contributed by atoms with Gasteiger partial charge in [0.05, 0.1) is 17.3 Å². The molecule has 2 aromatic rings. The van der Waals surface area contributed by atoms with Crippen LogP contribution in [0.1, 0.15) is 44.2 Å². The molecule has 4 N–H and O–H groups in total. The van der Waals surface area contributed by atoms with Gasteiger partial charge in [-0.05, 0) is 62.6 Å². The number of likely N-dealkylation sites (tertiary alicyclic amines) is 1. The molecule has 3 rings (SSSR count). The van der Waals surface area contributed by atoms with E-state index in [1.165, 1.54) is 4.31 Å². The summed E-state index contributed by atoms with van der Waals surface area (Å²) in [7, 11) is -3.43. The van der Waals surface area contributed by atoms with Gasteiger partial charge in [0.15, 0.2) is 0 Å². The number of nitrogen functional groups attached to an aromatic ring is 1. The van der Waals surface area contributed by atoms with E-state index >= 15 is 0 Å². The van der Waals surface area contributed by atoms with Gasteiger partial charge < -0.3 is 15.4 Å². The van der Waals surface area contributed by atoms with Crippen LogP contribution in [0.15, 0.2) is 48.5 Å². The van der Waals surface area contributed by atoms with E-state index in [-0.39, 0.29) is 17.7 Å². The van der Waals surface area contributed by atoms with Crippen LogP contribution in [-0.4, -0.2) is 56.5 Å². The van der Waals surface area contributed by atoms with Crippen molar-refractivity contribution in [2.45, 2.75) is 45.6 Å². The van der Waals surface area contributed by atoms with Crippen molar-refractivity contribution in [2.24, 2.45) is 5.73 Å². The number of benzene rings is 2. The van der Waals surface area contributed by atoms with Gasteiger partial charge in [0, 0.05) is 38.0 Å². The van der Waals surface area contributed by atoms with Crippen molar-refractivity contribution in [3.05, 3.63) is 59.7 Å². The van der Waals surface area contributed by atoms with Gasteiger partial charge in [-0.1, -0.05) is 18.2 Å². The number of sulfonamides is 1.